The van der Waals surface area contributed by atoms with E-state index in [9.17, 15) is 5.11 Å². The van der Waals surface area contributed by atoms with E-state index in [4.69, 9.17) is 0 Å². The highest BCUT2D eigenvalue weighted by Crippen LogP contribution is 2.24. The standard InChI is InChI=1S/C45H51N7O/c53-35-43(30-36-10-2-1-3-11-36)51-45(44-14-6-9-25-50-44)31-37-15-19-39(20-16-37)40-21-17-38(18-22-40)34-52(28-26-46-32-41-12-4-7-23-48-41)29-27-47-33-42-13-5-8-24-49-42/h1-25,43,45-47,51,53H,26-35H2. The molecule has 6 rings (SSSR count). The molecule has 53 heavy (non-hydrogen) atoms. The first-order chi connectivity index (χ1) is 26.2. The molecule has 3 heterocycles. The number of rotatable bonds is 21. The fourth-order valence-electron chi connectivity index (χ4n) is 6.50. The van der Waals surface area contributed by atoms with Crippen LogP contribution in [0.4, 0.5) is 0 Å². The summed E-state index contributed by atoms with van der Waals surface area (Å²) in [5.74, 6) is 0. The molecule has 0 saturated heterocycles. The number of aromatic nitrogens is 3. The van der Waals surface area contributed by atoms with Crippen LogP contribution in [0.1, 0.15) is 39.8 Å². The second kappa shape index (κ2) is 20.8. The van der Waals surface area contributed by atoms with Crippen LogP contribution < -0.4 is 16.0 Å². The Bertz CT molecular complexity index is 1810. The molecule has 0 fully saturated rings. The summed E-state index contributed by atoms with van der Waals surface area (Å²) in [5, 5.41) is 21.1. The largest absolute Gasteiger partial charge is 0.395 e. The van der Waals surface area contributed by atoms with Crippen LogP contribution in [0.3, 0.4) is 0 Å². The van der Waals surface area contributed by atoms with Crippen LogP contribution in [0.5, 0.6) is 0 Å². The molecule has 0 amide bonds. The molecule has 0 aliphatic rings. The van der Waals surface area contributed by atoms with E-state index < -0.39 is 0 Å². The van der Waals surface area contributed by atoms with Crippen molar-refractivity contribution in [1.29, 1.82) is 0 Å². The van der Waals surface area contributed by atoms with Crippen molar-refractivity contribution in [2.75, 3.05) is 32.8 Å². The van der Waals surface area contributed by atoms with Crippen molar-refractivity contribution in [3.8, 4) is 11.1 Å². The Labute approximate surface area is 314 Å². The molecule has 0 aliphatic heterocycles. The molecule has 3 aromatic carbocycles. The first-order valence-electron chi connectivity index (χ1n) is 18.7. The van der Waals surface area contributed by atoms with E-state index in [1.807, 2.05) is 73.2 Å². The number of hydrogen-bond acceptors (Lipinski definition) is 8. The van der Waals surface area contributed by atoms with Gasteiger partial charge in [0.25, 0.3) is 0 Å². The van der Waals surface area contributed by atoms with E-state index in [1.54, 1.807) is 0 Å². The molecule has 0 aliphatic carbocycles. The van der Waals surface area contributed by atoms with Gasteiger partial charge < -0.3 is 21.1 Å². The average molecular weight is 706 g/mol. The van der Waals surface area contributed by atoms with E-state index in [2.05, 4.69) is 115 Å². The highest BCUT2D eigenvalue weighted by Gasteiger charge is 2.19. The van der Waals surface area contributed by atoms with Gasteiger partial charge in [0, 0.05) is 70.4 Å². The van der Waals surface area contributed by atoms with E-state index in [-0.39, 0.29) is 18.7 Å². The fraction of sp³-hybridized carbons (Fsp3) is 0.267. The Morgan fingerprint density at radius 2 is 1.06 bits per heavy atom. The van der Waals surface area contributed by atoms with Gasteiger partial charge in [0.05, 0.1) is 29.7 Å². The minimum absolute atomic E-state index is 0.0273. The molecule has 6 aromatic rings. The van der Waals surface area contributed by atoms with Gasteiger partial charge >= 0.3 is 0 Å². The molecular formula is C45H51N7O. The fourth-order valence-corrected chi connectivity index (χ4v) is 6.50. The van der Waals surface area contributed by atoms with Crippen LogP contribution in [-0.4, -0.2) is 63.8 Å². The Hall–Kier alpha value is -5.09. The Balaban J connectivity index is 1.05. The van der Waals surface area contributed by atoms with Crippen molar-refractivity contribution >= 4 is 0 Å². The smallest absolute Gasteiger partial charge is 0.0588 e. The number of nitrogens with zero attached hydrogens (tertiary/aromatic N) is 4. The zero-order valence-electron chi connectivity index (χ0n) is 30.4. The summed E-state index contributed by atoms with van der Waals surface area (Å²) in [6.45, 7) is 6.07. The molecule has 0 saturated carbocycles. The Morgan fingerprint density at radius 1 is 0.528 bits per heavy atom. The normalized spacial score (nSPS) is 12.5. The number of benzene rings is 3. The first-order valence-corrected chi connectivity index (χ1v) is 18.7. The maximum absolute atomic E-state index is 10.3. The number of aliphatic hydroxyl groups excluding tert-OH is 1. The van der Waals surface area contributed by atoms with Crippen LogP contribution in [0.15, 0.2) is 152 Å². The van der Waals surface area contributed by atoms with Gasteiger partial charge in [-0.3, -0.25) is 19.9 Å². The predicted octanol–water partition coefficient (Wildman–Crippen LogP) is 6.40. The summed E-state index contributed by atoms with van der Waals surface area (Å²) in [7, 11) is 0. The molecule has 0 bridgehead atoms. The summed E-state index contributed by atoms with van der Waals surface area (Å²) in [6.07, 6.45) is 7.04. The molecule has 0 spiro atoms. The lowest BCUT2D eigenvalue weighted by Gasteiger charge is -2.25. The van der Waals surface area contributed by atoms with Crippen LogP contribution >= 0.6 is 0 Å². The van der Waals surface area contributed by atoms with Crippen molar-refractivity contribution in [2.45, 2.75) is 44.6 Å². The monoisotopic (exact) mass is 705 g/mol. The zero-order valence-corrected chi connectivity index (χ0v) is 30.4. The van der Waals surface area contributed by atoms with E-state index in [1.165, 1.54) is 27.8 Å². The quantitative estimate of drug-likeness (QED) is 0.0640. The molecule has 8 heteroatoms. The van der Waals surface area contributed by atoms with Gasteiger partial charge in [-0.1, -0.05) is 97.1 Å². The second-order valence-electron chi connectivity index (χ2n) is 13.4. The highest BCUT2D eigenvalue weighted by atomic mass is 16.3. The summed E-state index contributed by atoms with van der Waals surface area (Å²) < 4.78 is 0. The minimum atomic E-state index is -0.0798. The number of hydrogen-bond donors (Lipinski definition) is 4. The van der Waals surface area contributed by atoms with Crippen molar-refractivity contribution in [3.05, 3.63) is 186 Å². The summed E-state index contributed by atoms with van der Waals surface area (Å²) in [5.41, 5.74) is 9.17. The molecule has 8 nitrogen and oxygen atoms in total. The maximum Gasteiger partial charge on any atom is 0.0588 e. The van der Waals surface area contributed by atoms with Crippen molar-refractivity contribution in [3.63, 3.8) is 0 Å². The molecule has 272 valence electrons. The van der Waals surface area contributed by atoms with Gasteiger partial charge in [0.1, 0.15) is 0 Å². The third-order valence-corrected chi connectivity index (χ3v) is 9.39. The Kier molecular flexibility index (Phi) is 14.8. The van der Waals surface area contributed by atoms with Crippen LogP contribution in [0, 0.1) is 0 Å². The first kappa shape index (κ1) is 37.7. The number of nitrogens with one attached hydrogen (secondary N) is 3. The van der Waals surface area contributed by atoms with Crippen LogP contribution in [-0.2, 0) is 32.5 Å². The second-order valence-corrected chi connectivity index (χ2v) is 13.4. The SMILES string of the molecule is OCC(Cc1ccccc1)NC(Cc1ccc(-c2ccc(CN(CCNCc3ccccn3)CCNCc3ccccn3)cc2)cc1)c1ccccn1. The molecule has 0 radical (unpaired) electrons. The van der Waals surface area contributed by atoms with Gasteiger partial charge in [-0.15, -0.1) is 0 Å². The van der Waals surface area contributed by atoms with E-state index in [0.717, 1.165) is 75.7 Å². The van der Waals surface area contributed by atoms with Gasteiger partial charge in [0.15, 0.2) is 0 Å². The van der Waals surface area contributed by atoms with Gasteiger partial charge in [-0.2, -0.15) is 0 Å². The summed E-state index contributed by atoms with van der Waals surface area (Å²) >= 11 is 0. The summed E-state index contributed by atoms with van der Waals surface area (Å²) in [4.78, 5) is 16.0. The molecule has 3 aromatic heterocycles. The number of aliphatic hydroxyl groups is 1. The zero-order chi connectivity index (χ0) is 36.3. The van der Waals surface area contributed by atoms with Gasteiger partial charge in [-0.05, 0) is 77.1 Å². The third-order valence-electron chi connectivity index (χ3n) is 9.39. The van der Waals surface area contributed by atoms with Crippen LogP contribution in [0.25, 0.3) is 11.1 Å². The average Bonchev–Trinajstić information content (AvgIpc) is 3.22. The van der Waals surface area contributed by atoms with Crippen molar-refractivity contribution in [1.82, 2.24) is 35.8 Å². The van der Waals surface area contributed by atoms with Crippen molar-refractivity contribution < 1.29 is 5.11 Å². The van der Waals surface area contributed by atoms with Crippen molar-refractivity contribution in [2.24, 2.45) is 0 Å². The van der Waals surface area contributed by atoms with Crippen LogP contribution in [0.2, 0.25) is 0 Å². The van der Waals surface area contributed by atoms with Gasteiger partial charge in [-0.25, -0.2) is 0 Å². The molecule has 4 N–H and O–H groups in total. The topological polar surface area (TPSA) is 98.2 Å². The Morgan fingerprint density at radius 3 is 1.58 bits per heavy atom. The van der Waals surface area contributed by atoms with E-state index in [0.29, 0.717) is 0 Å². The van der Waals surface area contributed by atoms with E-state index >= 15 is 0 Å². The third kappa shape index (κ3) is 12.5. The molecule has 2 unspecified atom stereocenters. The summed E-state index contributed by atoms with van der Waals surface area (Å²) in [6, 6.07) is 46.1. The lowest BCUT2D eigenvalue weighted by molar-refractivity contribution is 0.229. The lowest BCUT2D eigenvalue weighted by Crippen LogP contribution is -2.38. The lowest BCUT2D eigenvalue weighted by atomic mass is 9.97. The molecular weight excluding hydrogens is 655 g/mol. The maximum atomic E-state index is 10.3. The predicted molar refractivity (Wildman–Crippen MR) is 214 cm³/mol. The highest BCUT2D eigenvalue weighted by molar-refractivity contribution is 5.64. The molecule has 2 atom stereocenters. The number of pyridine rings is 3. The van der Waals surface area contributed by atoms with Gasteiger partial charge in [0.2, 0.25) is 0 Å². The minimum Gasteiger partial charge on any atom is -0.395 e.